The summed E-state index contributed by atoms with van der Waals surface area (Å²) in [5, 5.41) is 11.7. The summed E-state index contributed by atoms with van der Waals surface area (Å²) in [7, 11) is -18.8. The molecule has 0 aliphatic carbocycles. The van der Waals surface area contributed by atoms with Crippen molar-refractivity contribution in [3.05, 3.63) is 96.1 Å². The maximum atomic E-state index is 12.8. The molecule has 372 valence electrons. The molecular weight excluding hydrogens is 1050 g/mol. The average molecular weight is 1090 g/mol. The predicted molar refractivity (Wildman–Crippen MR) is 255 cm³/mol. The third kappa shape index (κ3) is 14.8. The summed E-state index contributed by atoms with van der Waals surface area (Å²) >= 11 is 0. The average Bonchev–Trinajstić information content (AvgIpc) is 3.31. The molecular formula is C40H42N12Na2O14S4. The van der Waals surface area contributed by atoms with Gasteiger partial charge in [-0.2, -0.15) is 63.6 Å². The third-order valence-electron chi connectivity index (χ3n) is 10.2. The summed E-state index contributed by atoms with van der Waals surface area (Å²) in [4.78, 5) is 28.4. The van der Waals surface area contributed by atoms with E-state index >= 15 is 0 Å². The largest absolute Gasteiger partial charge is 1.00 e. The Hall–Kier alpha value is -5.00. The first-order chi connectivity index (χ1) is 33.1. The van der Waals surface area contributed by atoms with E-state index in [1.807, 2.05) is 9.80 Å². The van der Waals surface area contributed by atoms with Crippen molar-refractivity contribution in [3.8, 4) is 0 Å². The SMILES string of the molecule is O=S(=O)(O)c1ccc(Nc2nc(Nc3ccc(C=Cc4ccc(Nc5nc(Nc6ccc(S(=O)(=O)O)cc6)nc(N6CCOCC6)n5)cc4S(=O)(=O)O)c(S(=O)(=O)O)c3)nc(N3CCOCC3)n2)cc1.[H-].[H-].[Na+].[Na+]. The maximum absolute atomic E-state index is 12.8. The number of aromatic nitrogens is 6. The number of nitrogens with zero attached hydrogens (tertiary/aromatic N) is 8. The first kappa shape index (κ1) is 56.3. The fourth-order valence-corrected chi connectivity index (χ4v) is 9.21. The molecule has 26 nitrogen and oxygen atoms in total. The zero-order chi connectivity index (χ0) is 49.8. The second-order valence-corrected chi connectivity index (χ2v) is 20.7. The minimum absolute atomic E-state index is 0. The molecule has 0 saturated carbocycles. The van der Waals surface area contributed by atoms with Crippen LogP contribution in [0.4, 0.5) is 58.4 Å². The number of ether oxygens (including phenoxy) is 2. The molecule has 0 atom stereocenters. The van der Waals surface area contributed by atoms with Crippen molar-refractivity contribution < 1.29 is 123 Å². The van der Waals surface area contributed by atoms with Crippen molar-refractivity contribution in [2.75, 3.05) is 83.7 Å². The number of anilines is 10. The monoisotopic (exact) mass is 1090 g/mol. The van der Waals surface area contributed by atoms with Crippen molar-refractivity contribution in [1.82, 2.24) is 29.9 Å². The Morgan fingerprint density at radius 1 is 0.431 bits per heavy atom. The summed E-state index contributed by atoms with van der Waals surface area (Å²) in [6.45, 7) is 3.24. The summed E-state index contributed by atoms with van der Waals surface area (Å²) < 4.78 is 148. The minimum Gasteiger partial charge on any atom is -1.00 e. The molecule has 8 N–H and O–H groups in total. The van der Waals surface area contributed by atoms with Crippen molar-refractivity contribution in [2.45, 2.75) is 19.6 Å². The molecule has 4 aromatic carbocycles. The van der Waals surface area contributed by atoms with E-state index in [2.05, 4.69) is 51.2 Å². The van der Waals surface area contributed by atoms with Crippen molar-refractivity contribution >= 4 is 111 Å². The zero-order valence-electron chi connectivity index (χ0n) is 40.0. The quantitative estimate of drug-likeness (QED) is 0.0298. The van der Waals surface area contributed by atoms with Crippen LogP contribution in [0, 0.1) is 0 Å². The van der Waals surface area contributed by atoms with Gasteiger partial charge in [0.05, 0.1) is 36.2 Å². The molecule has 2 aliphatic heterocycles. The molecule has 4 heterocycles. The van der Waals surface area contributed by atoms with Crippen LogP contribution >= 0.6 is 0 Å². The van der Waals surface area contributed by atoms with Gasteiger partial charge >= 0.3 is 59.1 Å². The fraction of sp³-hybridized carbons (Fsp3) is 0.200. The van der Waals surface area contributed by atoms with Gasteiger partial charge in [0.2, 0.25) is 35.7 Å². The first-order valence-electron chi connectivity index (χ1n) is 20.5. The molecule has 2 fully saturated rings. The molecule has 0 amide bonds. The topological polar surface area (TPSA) is 368 Å². The van der Waals surface area contributed by atoms with Gasteiger partial charge in [0.1, 0.15) is 9.79 Å². The first-order valence-corrected chi connectivity index (χ1v) is 26.2. The van der Waals surface area contributed by atoms with Crippen LogP contribution in [-0.2, 0) is 49.9 Å². The Kier molecular flexibility index (Phi) is 18.4. The molecule has 6 aromatic rings. The van der Waals surface area contributed by atoms with Crippen molar-refractivity contribution in [1.29, 1.82) is 0 Å². The van der Waals surface area contributed by atoms with Crippen LogP contribution in [0.2, 0.25) is 0 Å². The Labute approximate surface area is 459 Å². The van der Waals surface area contributed by atoms with Gasteiger partial charge < -0.3 is 43.4 Å². The maximum Gasteiger partial charge on any atom is 1.00 e. The molecule has 2 aromatic heterocycles. The Morgan fingerprint density at radius 2 is 0.722 bits per heavy atom. The third-order valence-corrected chi connectivity index (χ3v) is 13.7. The summed E-state index contributed by atoms with van der Waals surface area (Å²) in [5.74, 6) is 0.280. The fourth-order valence-electron chi connectivity index (χ4n) is 6.83. The molecule has 0 unspecified atom stereocenters. The summed E-state index contributed by atoms with van der Waals surface area (Å²) in [6.07, 6.45) is 2.42. The second kappa shape index (κ2) is 23.5. The van der Waals surface area contributed by atoms with Crippen LogP contribution in [0.3, 0.4) is 0 Å². The summed E-state index contributed by atoms with van der Waals surface area (Å²) in [5.41, 5.74) is 0.688. The van der Waals surface area contributed by atoms with Crippen LogP contribution < -0.4 is 90.2 Å². The van der Waals surface area contributed by atoms with E-state index in [9.17, 15) is 51.9 Å². The van der Waals surface area contributed by atoms with E-state index in [4.69, 9.17) is 9.47 Å². The van der Waals surface area contributed by atoms with Gasteiger partial charge in [0.25, 0.3) is 40.5 Å². The molecule has 0 bridgehead atoms. The van der Waals surface area contributed by atoms with Crippen LogP contribution in [0.15, 0.2) is 105 Å². The van der Waals surface area contributed by atoms with Gasteiger partial charge in [0.15, 0.2) is 0 Å². The van der Waals surface area contributed by atoms with Gasteiger partial charge in [-0.1, -0.05) is 24.3 Å². The van der Waals surface area contributed by atoms with Crippen LogP contribution in [0.25, 0.3) is 12.2 Å². The number of rotatable bonds is 16. The van der Waals surface area contributed by atoms with E-state index in [-0.39, 0.29) is 130 Å². The Bertz CT molecular complexity index is 3220. The second-order valence-electron chi connectivity index (χ2n) is 15.1. The number of benzene rings is 4. The normalized spacial score (nSPS) is 14.5. The van der Waals surface area contributed by atoms with Gasteiger partial charge in [-0.05, 0) is 83.9 Å². The number of nitrogens with one attached hydrogen (secondary N) is 4. The predicted octanol–water partition coefficient (Wildman–Crippen LogP) is -1.91. The standard InChI is InChI=1S/C40H40N12O14S4.2Na.2H/c53-67(54,55)31-11-7-27(8-12-31)41-35-45-37(49-39(47-35)51-15-19-65-20-16-51)43-29-5-3-25(33(23-29)69(59,60)61)1-2-26-4-6-30(24-34(26)70(62,63)64)44-38-46-36(48-40(50-38)52-17-21-66-22-18-52)42-28-9-13-32(14-10-28)68(56,57)58;;;;/h1-14,23-24H,15-22H2,(H,53,54,55)(H,56,57,58)(H,59,60,61)(H,62,63,64)(H2,41,43,45,47,49)(H2,42,44,46,48,50);;;;/q;2*+1;2*-1. The van der Waals surface area contributed by atoms with Gasteiger partial charge in [-0.15, -0.1) is 0 Å². The summed E-state index contributed by atoms with van der Waals surface area (Å²) in [6, 6.07) is 17.8. The van der Waals surface area contributed by atoms with Crippen LogP contribution in [0.5, 0.6) is 0 Å². The van der Waals surface area contributed by atoms with E-state index in [1.165, 1.54) is 84.9 Å². The van der Waals surface area contributed by atoms with E-state index in [0.717, 1.165) is 12.1 Å². The van der Waals surface area contributed by atoms with E-state index < -0.39 is 50.3 Å². The molecule has 72 heavy (non-hydrogen) atoms. The molecule has 0 radical (unpaired) electrons. The molecule has 8 rings (SSSR count). The molecule has 32 heteroatoms. The van der Waals surface area contributed by atoms with Crippen LogP contribution in [0.1, 0.15) is 14.0 Å². The molecule has 0 spiro atoms. The van der Waals surface area contributed by atoms with Crippen molar-refractivity contribution in [2.24, 2.45) is 0 Å². The van der Waals surface area contributed by atoms with E-state index in [1.54, 1.807) is 0 Å². The smallest absolute Gasteiger partial charge is 1.00 e. The number of hydrogen-bond acceptors (Lipinski definition) is 22. The van der Waals surface area contributed by atoms with Crippen LogP contribution in [-0.4, -0.2) is 134 Å². The van der Waals surface area contributed by atoms with Gasteiger partial charge in [-0.25, -0.2) is 0 Å². The van der Waals surface area contributed by atoms with E-state index in [0.29, 0.717) is 64.0 Å². The minimum atomic E-state index is -4.95. The number of hydrogen-bond donors (Lipinski definition) is 8. The Morgan fingerprint density at radius 3 is 1.01 bits per heavy atom. The molecule has 2 saturated heterocycles. The molecule has 2 aliphatic rings. The van der Waals surface area contributed by atoms with Crippen molar-refractivity contribution in [3.63, 3.8) is 0 Å². The van der Waals surface area contributed by atoms with Gasteiger partial charge in [0, 0.05) is 48.9 Å². The number of morpholine rings is 2. The van der Waals surface area contributed by atoms with Gasteiger partial charge in [-0.3, -0.25) is 18.2 Å². The zero-order valence-corrected chi connectivity index (χ0v) is 45.2. The Balaban J connectivity index is 0.00000296.